The number of aryl methyl sites for hydroxylation is 1. The van der Waals surface area contributed by atoms with E-state index in [2.05, 4.69) is 40.7 Å². The number of piperazine rings is 1. The van der Waals surface area contributed by atoms with Crippen LogP contribution in [0.3, 0.4) is 0 Å². The average molecular weight is 263 g/mol. The lowest BCUT2D eigenvalue weighted by molar-refractivity contribution is 0.312. The van der Waals surface area contributed by atoms with Crippen molar-refractivity contribution in [2.24, 2.45) is 5.92 Å². The summed E-state index contributed by atoms with van der Waals surface area (Å²) in [6.07, 6.45) is 2.01. The van der Waals surface area contributed by atoms with E-state index in [0.717, 1.165) is 50.7 Å². The van der Waals surface area contributed by atoms with Crippen LogP contribution in [0, 0.1) is 5.92 Å². The molecule has 1 aliphatic heterocycles. The van der Waals surface area contributed by atoms with Gasteiger partial charge in [0.05, 0.1) is 0 Å². The maximum absolute atomic E-state index is 5.91. The van der Waals surface area contributed by atoms with E-state index in [1.54, 1.807) is 0 Å². The smallest absolute Gasteiger partial charge is 0.134 e. The largest absolute Gasteiger partial charge is 0.384 e. The summed E-state index contributed by atoms with van der Waals surface area (Å²) in [6.45, 7) is 8.60. The monoisotopic (exact) mass is 263 g/mol. The molecule has 2 rings (SSSR count). The van der Waals surface area contributed by atoms with Crippen molar-refractivity contribution in [3.63, 3.8) is 0 Å². The third kappa shape index (κ3) is 4.06. The molecule has 0 atom stereocenters. The molecule has 1 saturated heterocycles. The zero-order chi connectivity index (χ0) is 13.8. The number of anilines is 2. The molecule has 0 unspecified atom stereocenters. The van der Waals surface area contributed by atoms with Crippen LogP contribution in [0.2, 0.25) is 0 Å². The van der Waals surface area contributed by atoms with Crippen molar-refractivity contribution in [3.05, 3.63) is 11.9 Å². The van der Waals surface area contributed by atoms with Gasteiger partial charge in [0, 0.05) is 38.7 Å². The van der Waals surface area contributed by atoms with Crippen LogP contribution in [0.15, 0.2) is 6.07 Å². The Balaban J connectivity index is 2.07. The summed E-state index contributed by atoms with van der Waals surface area (Å²) in [7, 11) is 2.15. The van der Waals surface area contributed by atoms with Gasteiger partial charge in [-0.25, -0.2) is 9.97 Å². The second-order valence-electron chi connectivity index (χ2n) is 5.79. The molecule has 0 amide bonds. The first-order chi connectivity index (χ1) is 9.04. The lowest BCUT2D eigenvalue weighted by atomic mass is 10.1. The van der Waals surface area contributed by atoms with Gasteiger partial charge in [-0.2, -0.15) is 0 Å². The quantitative estimate of drug-likeness (QED) is 0.890. The summed E-state index contributed by atoms with van der Waals surface area (Å²) in [5.74, 6) is 3.11. The first-order valence-electron chi connectivity index (χ1n) is 7.11. The summed E-state index contributed by atoms with van der Waals surface area (Å²) >= 11 is 0. The number of rotatable bonds is 4. The highest BCUT2D eigenvalue weighted by molar-refractivity contribution is 5.47. The third-order valence-corrected chi connectivity index (χ3v) is 3.55. The molecule has 1 aromatic rings. The normalized spacial score (nSPS) is 17.2. The molecule has 19 heavy (non-hydrogen) atoms. The van der Waals surface area contributed by atoms with E-state index in [0.29, 0.717) is 11.7 Å². The Labute approximate surface area is 115 Å². The summed E-state index contributed by atoms with van der Waals surface area (Å²) in [4.78, 5) is 13.7. The predicted octanol–water partition coefficient (Wildman–Crippen LogP) is 1.40. The highest BCUT2D eigenvalue weighted by Crippen LogP contribution is 2.17. The lowest BCUT2D eigenvalue weighted by Gasteiger charge is -2.33. The van der Waals surface area contributed by atoms with E-state index in [1.807, 2.05) is 6.07 Å². The molecule has 0 bridgehead atoms. The molecular formula is C14H25N5. The Bertz CT molecular complexity index is 410. The topological polar surface area (TPSA) is 58.3 Å². The molecular weight excluding hydrogens is 238 g/mol. The zero-order valence-electron chi connectivity index (χ0n) is 12.3. The summed E-state index contributed by atoms with van der Waals surface area (Å²) in [5.41, 5.74) is 5.91. The first-order valence-corrected chi connectivity index (χ1v) is 7.11. The number of nitrogens with two attached hydrogens (primary N) is 1. The van der Waals surface area contributed by atoms with Crippen LogP contribution in [-0.4, -0.2) is 48.1 Å². The Morgan fingerprint density at radius 2 is 1.89 bits per heavy atom. The minimum Gasteiger partial charge on any atom is -0.384 e. The average Bonchev–Trinajstić information content (AvgIpc) is 2.36. The van der Waals surface area contributed by atoms with Crippen LogP contribution in [-0.2, 0) is 6.42 Å². The maximum atomic E-state index is 5.91. The molecule has 1 fully saturated rings. The van der Waals surface area contributed by atoms with Crippen molar-refractivity contribution in [1.29, 1.82) is 0 Å². The molecule has 1 aromatic heterocycles. The molecule has 5 nitrogen and oxygen atoms in total. The van der Waals surface area contributed by atoms with Crippen molar-refractivity contribution in [3.8, 4) is 0 Å². The fraction of sp³-hybridized carbons (Fsp3) is 0.714. The van der Waals surface area contributed by atoms with E-state index in [9.17, 15) is 0 Å². The van der Waals surface area contributed by atoms with Crippen molar-refractivity contribution in [1.82, 2.24) is 14.9 Å². The second-order valence-corrected chi connectivity index (χ2v) is 5.79. The lowest BCUT2D eigenvalue weighted by Crippen LogP contribution is -2.45. The number of aromatic nitrogens is 2. The van der Waals surface area contributed by atoms with Gasteiger partial charge in [-0.1, -0.05) is 13.8 Å². The van der Waals surface area contributed by atoms with Crippen LogP contribution in [0.5, 0.6) is 0 Å². The number of nitrogens with zero attached hydrogens (tertiary/aromatic N) is 4. The van der Waals surface area contributed by atoms with E-state index in [4.69, 9.17) is 5.73 Å². The first kappa shape index (κ1) is 14.1. The van der Waals surface area contributed by atoms with Gasteiger partial charge in [-0.15, -0.1) is 0 Å². The van der Waals surface area contributed by atoms with Crippen molar-refractivity contribution >= 4 is 11.6 Å². The number of nitrogen functional groups attached to an aromatic ring is 1. The summed E-state index contributed by atoms with van der Waals surface area (Å²) in [6, 6.07) is 1.89. The molecule has 0 spiro atoms. The molecule has 1 aliphatic rings. The Morgan fingerprint density at radius 3 is 2.53 bits per heavy atom. The molecule has 0 aromatic carbocycles. The minimum atomic E-state index is 0.586. The Kier molecular flexibility index (Phi) is 4.58. The van der Waals surface area contributed by atoms with Gasteiger partial charge in [-0.05, 0) is 19.4 Å². The molecule has 0 radical (unpaired) electrons. The maximum Gasteiger partial charge on any atom is 0.134 e. The fourth-order valence-corrected chi connectivity index (χ4v) is 2.23. The van der Waals surface area contributed by atoms with Gasteiger partial charge in [0.15, 0.2) is 0 Å². The Hall–Kier alpha value is -1.36. The van der Waals surface area contributed by atoms with Gasteiger partial charge >= 0.3 is 0 Å². The predicted molar refractivity (Wildman–Crippen MR) is 79.3 cm³/mol. The molecule has 0 aliphatic carbocycles. The van der Waals surface area contributed by atoms with Crippen LogP contribution >= 0.6 is 0 Å². The fourth-order valence-electron chi connectivity index (χ4n) is 2.23. The van der Waals surface area contributed by atoms with Gasteiger partial charge in [0.25, 0.3) is 0 Å². The third-order valence-electron chi connectivity index (χ3n) is 3.55. The second kappa shape index (κ2) is 6.19. The van der Waals surface area contributed by atoms with Crippen LogP contribution in [0.1, 0.15) is 26.1 Å². The number of hydrogen-bond acceptors (Lipinski definition) is 5. The van der Waals surface area contributed by atoms with Crippen molar-refractivity contribution < 1.29 is 0 Å². The minimum absolute atomic E-state index is 0.586. The van der Waals surface area contributed by atoms with Crippen LogP contribution < -0.4 is 10.6 Å². The van der Waals surface area contributed by atoms with E-state index >= 15 is 0 Å². The summed E-state index contributed by atoms with van der Waals surface area (Å²) in [5, 5.41) is 0. The zero-order valence-corrected chi connectivity index (χ0v) is 12.3. The van der Waals surface area contributed by atoms with Crippen molar-refractivity contribution in [2.45, 2.75) is 26.7 Å². The highest BCUT2D eigenvalue weighted by Gasteiger charge is 2.16. The van der Waals surface area contributed by atoms with Crippen molar-refractivity contribution in [2.75, 3.05) is 43.9 Å². The highest BCUT2D eigenvalue weighted by atomic mass is 15.3. The van der Waals surface area contributed by atoms with Gasteiger partial charge in [-0.3, -0.25) is 0 Å². The molecule has 0 saturated carbocycles. The van der Waals surface area contributed by atoms with E-state index < -0.39 is 0 Å². The molecule has 106 valence electrons. The summed E-state index contributed by atoms with van der Waals surface area (Å²) < 4.78 is 0. The molecule has 5 heteroatoms. The van der Waals surface area contributed by atoms with Gasteiger partial charge < -0.3 is 15.5 Å². The number of hydrogen-bond donors (Lipinski definition) is 1. The Morgan fingerprint density at radius 1 is 1.21 bits per heavy atom. The SMILES string of the molecule is CC(C)CCc1nc(N)cc(N2CCN(C)CC2)n1. The molecule has 2 heterocycles. The molecule has 2 N–H and O–H groups in total. The van der Waals surface area contributed by atoms with E-state index in [1.165, 1.54) is 0 Å². The standard InChI is InChI=1S/C14H25N5/c1-11(2)4-5-13-16-12(15)10-14(17-13)19-8-6-18(3)7-9-19/h10-11H,4-9H2,1-3H3,(H2,15,16,17). The number of likely N-dealkylation sites (N-methyl/N-ethyl adjacent to an activating group) is 1. The van der Waals surface area contributed by atoms with Gasteiger partial charge in [0.2, 0.25) is 0 Å². The van der Waals surface area contributed by atoms with Crippen LogP contribution in [0.25, 0.3) is 0 Å². The van der Waals surface area contributed by atoms with Gasteiger partial charge in [0.1, 0.15) is 17.5 Å². The van der Waals surface area contributed by atoms with Crippen LogP contribution in [0.4, 0.5) is 11.6 Å². The van der Waals surface area contributed by atoms with E-state index in [-0.39, 0.29) is 0 Å².